The van der Waals surface area contributed by atoms with Gasteiger partial charge in [-0.25, -0.2) is 0 Å². The lowest BCUT2D eigenvalue weighted by molar-refractivity contribution is -0.137. The zero-order valence-electron chi connectivity index (χ0n) is 13.2. The first-order chi connectivity index (χ1) is 11.3. The van der Waals surface area contributed by atoms with E-state index in [1.54, 1.807) is 0 Å². The van der Waals surface area contributed by atoms with E-state index in [0.29, 0.717) is 10.8 Å². The number of hydrogen-bond donors (Lipinski definition) is 2. The summed E-state index contributed by atoms with van der Waals surface area (Å²) >= 11 is 5.21. The Labute approximate surface area is 145 Å². The van der Waals surface area contributed by atoms with Crippen LogP contribution < -0.4 is 10.6 Å². The fraction of sp³-hybridized carbons (Fsp3) is 0.278. The summed E-state index contributed by atoms with van der Waals surface area (Å²) in [5.41, 5.74) is 1.10. The lowest BCUT2D eigenvalue weighted by Gasteiger charge is -2.17. The van der Waals surface area contributed by atoms with Crippen LogP contribution in [0.25, 0.3) is 0 Å². The second-order valence-corrected chi connectivity index (χ2v) is 6.01. The van der Waals surface area contributed by atoms with E-state index in [-0.39, 0.29) is 6.04 Å². The normalized spacial score (nSPS) is 12.5. The maximum atomic E-state index is 12.5. The van der Waals surface area contributed by atoms with Gasteiger partial charge in [-0.05, 0) is 61.8 Å². The summed E-state index contributed by atoms with van der Waals surface area (Å²) in [5, 5.41) is 6.44. The number of hydrogen-bond acceptors (Lipinski definition) is 1. The lowest BCUT2D eigenvalue weighted by Crippen LogP contribution is -2.36. The number of rotatable bonds is 5. The van der Waals surface area contributed by atoms with E-state index in [1.807, 2.05) is 25.1 Å². The van der Waals surface area contributed by atoms with E-state index in [2.05, 4.69) is 22.8 Å². The van der Waals surface area contributed by atoms with Gasteiger partial charge < -0.3 is 10.6 Å². The van der Waals surface area contributed by atoms with Crippen molar-refractivity contribution in [2.75, 3.05) is 5.32 Å². The number of nitrogens with one attached hydrogen (secondary N) is 2. The molecule has 0 unspecified atom stereocenters. The van der Waals surface area contributed by atoms with Crippen molar-refractivity contribution in [2.24, 2.45) is 0 Å². The quantitative estimate of drug-likeness (QED) is 0.740. The largest absolute Gasteiger partial charge is 0.416 e. The Hall–Kier alpha value is -2.08. The molecule has 0 heterocycles. The van der Waals surface area contributed by atoms with Crippen molar-refractivity contribution >= 4 is 23.0 Å². The molecule has 0 amide bonds. The van der Waals surface area contributed by atoms with Gasteiger partial charge in [-0.3, -0.25) is 0 Å². The van der Waals surface area contributed by atoms with Crippen molar-refractivity contribution < 1.29 is 13.2 Å². The zero-order valence-corrected chi connectivity index (χ0v) is 14.0. The number of halogens is 3. The highest BCUT2D eigenvalue weighted by atomic mass is 32.1. The van der Waals surface area contributed by atoms with Crippen LogP contribution in [0.15, 0.2) is 54.6 Å². The molecule has 0 fully saturated rings. The van der Waals surface area contributed by atoms with Gasteiger partial charge in [0.1, 0.15) is 0 Å². The smallest absolute Gasteiger partial charge is 0.360 e. The van der Waals surface area contributed by atoms with Gasteiger partial charge >= 0.3 is 6.18 Å². The lowest BCUT2D eigenvalue weighted by atomic mass is 10.1. The Balaban J connectivity index is 1.80. The highest BCUT2D eigenvalue weighted by Crippen LogP contribution is 2.29. The molecule has 128 valence electrons. The van der Waals surface area contributed by atoms with Crippen LogP contribution >= 0.6 is 12.2 Å². The van der Waals surface area contributed by atoms with Crippen molar-refractivity contribution in [3.8, 4) is 0 Å². The van der Waals surface area contributed by atoms with Crippen LogP contribution in [0, 0.1) is 0 Å². The molecule has 2 nitrogen and oxygen atoms in total. The van der Waals surface area contributed by atoms with Crippen LogP contribution in [0.1, 0.15) is 24.5 Å². The Morgan fingerprint density at radius 2 is 1.67 bits per heavy atom. The van der Waals surface area contributed by atoms with Crippen LogP contribution in [0.3, 0.4) is 0 Å². The molecule has 0 bridgehead atoms. The monoisotopic (exact) mass is 352 g/mol. The van der Waals surface area contributed by atoms with Crippen molar-refractivity contribution in [1.82, 2.24) is 5.32 Å². The van der Waals surface area contributed by atoms with Gasteiger partial charge in [0.05, 0.1) is 5.56 Å². The van der Waals surface area contributed by atoms with Crippen LogP contribution in [-0.4, -0.2) is 11.2 Å². The predicted octanol–water partition coefficient (Wildman–Crippen LogP) is 5.01. The molecule has 0 saturated carbocycles. The van der Waals surface area contributed by atoms with Crippen LogP contribution in [-0.2, 0) is 12.6 Å². The van der Waals surface area contributed by atoms with Gasteiger partial charge in [0.15, 0.2) is 5.11 Å². The van der Waals surface area contributed by atoms with Crippen LogP contribution in [0.4, 0.5) is 18.9 Å². The number of aryl methyl sites for hydroxylation is 1. The van der Waals surface area contributed by atoms with Gasteiger partial charge in [-0.1, -0.05) is 30.3 Å². The van der Waals surface area contributed by atoms with Gasteiger partial charge in [0.25, 0.3) is 0 Å². The molecule has 2 aromatic rings. The number of alkyl halides is 3. The molecule has 0 aliphatic rings. The van der Waals surface area contributed by atoms with Crippen molar-refractivity contribution in [1.29, 1.82) is 0 Å². The highest BCUT2D eigenvalue weighted by molar-refractivity contribution is 7.80. The molecule has 6 heteroatoms. The molecule has 0 radical (unpaired) electrons. The summed E-state index contributed by atoms with van der Waals surface area (Å²) in [4.78, 5) is 0. The molecule has 0 saturated heterocycles. The number of thiocarbonyl (C=S) groups is 1. The molecule has 24 heavy (non-hydrogen) atoms. The molecule has 0 spiro atoms. The first kappa shape index (κ1) is 18.3. The molecule has 0 aromatic heterocycles. The second-order valence-electron chi connectivity index (χ2n) is 5.60. The summed E-state index contributed by atoms with van der Waals surface area (Å²) in [5.74, 6) is 0. The predicted molar refractivity (Wildman–Crippen MR) is 95.0 cm³/mol. The van der Waals surface area contributed by atoms with Gasteiger partial charge in [0, 0.05) is 11.7 Å². The SMILES string of the molecule is C[C@@H](CCc1ccccc1)NC(=S)Nc1ccc(C(F)(F)F)cc1. The van der Waals surface area contributed by atoms with E-state index in [0.717, 1.165) is 25.0 Å². The minimum Gasteiger partial charge on any atom is -0.360 e. The second kappa shape index (κ2) is 8.15. The molecule has 1 atom stereocenters. The molecule has 0 aliphatic carbocycles. The summed E-state index contributed by atoms with van der Waals surface area (Å²) in [7, 11) is 0. The summed E-state index contributed by atoms with van der Waals surface area (Å²) < 4.78 is 37.6. The summed E-state index contributed by atoms with van der Waals surface area (Å²) in [6.07, 6.45) is -2.50. The molecule has 2 aromatic carbocycles. The molecule has 0 aliphatic heterocycles. The average Bonchev–Trinajstić information content (AvgIpc) is 2.53. The van der Waals surface area contributed by atoms with Crippen molar-refractivity contribution in [3.63, 3.8) is 0 Å². The van der Waals surface area contributed by atoms with E-state index in [1.165, 1.54) is 17.7 Å². The Kier molecular flexibility index (Phi) is 6.20. The van der Waals surface area contributed by atoms with Crippen LogP contribution in [0.2, 0.25) is 0 Å². The minimum absolute atomic E-state index is 0.152. The molecular weight excluding hydrogens is 333 g/mol. The molecule has 2 rings (SSSR count). The first-order valence-corrected chi connectivity index (χ1v) is 8.04. The fourth-order valence-corrected chi connectivity index (χ4v) is 2.55. The van der Waals surface area contributed by atoms with Gasteiger partial charge in [-0.2, -0.15) is 13.2 Å². The molecule has 2 N–H and O–H groups in total. The topological polar surface area (TPSA) is 24.1 Å². The number of benzene rings is 2. The Morgan fingerprint density at radius 1 is 1.04 bits per heavy atom. The highest BCUT2D eigenvalue weighted by Gasteiger charge is 2.29. The Bertz CT molecular complexity index is 654. The summed E-state index contributed by atoms with van der Waals surface area (Å²) in [6, 6.07) is 15.1. The van der Waals surface area contributed by atoms with E-state index in [4.69, 9.17) is 12.2 Å². The van der Waals surface area contributed by atoms with E-state index in [9.17, 15) is 13.2 Å². The van der Waals surface area contributed by atoms with E-state index >= 15 is 0 Å². The Morgan fingerprint density at radius 3 is 2.25 bits per heavy atom. The third-order valence-corrected chi connectivity index (χ3v) is 3.78. The maximum Gasteiger partial charge on any atom is 0.416 e. The fourth-order valence-electron chi connectivity index (χ4n) is 2.23. The third kappa shape index (κ3) is 5.85. The van der Waals surface area contributed by atoms with Crippen LogP contribution in [0.5, 0.6) is 0 Å². The van der Waals surface area contributed by atoms with Gasteiger partial charge in [0.2, 0.25) is 0 Å². The van der Waals surface area contributed by atoms with Gasteiger partial charge in [-0.15, -0.1) is 0 Å². The summed E-state index contributed by atoms with van der Waals surface area (Å²) in [6.45, 7) is 2.02. The van der Waals surface area contributed by atoms with E-state index < -0.39 is 11.7 Å². The average molecular weight is 352 g/mol. The van der Waals surface area contributed by atoms with Crippen molar-refractivity contribution in [2.45, 2.75) is 32.0 Å². The number of anilines is 1. The van der Waals surface area contributed by atoms with Crippen molar-refractivity contribution in [3.05, 3.63) is 65.7 Å². The standard InChI is InChI=1S/C18H19F3N2S/c1-13(7-8-14-5-3-2-4-6-14)22-17(24)23-16-11-9-15(10-12-16)18(19,20)21/h2-6,9-13H,7-8H2,1H3,(H2,22,23,24)/t13-/m0/s1. The molecular formula is C18H19F3N2S. The third-order valence-electron chi connectivity index (χ3n) is 3.56. The zero-order chi connectivity index (χ0) is 17.6. The maximum absolute atomic E-state index is 12.5. The first-order valence-electron chi connectivity index (χ1n) is 7.63. The minimum atomic E-state index is -4.33.